The number of hydrogen-bond acceptors (Lipinski definition) is 2. The molecule has 0 aromatic heterocycles. The van der Waals surface area contributed by atoms with Gasteiger partial charge in [-0.2, -0.15) is 0 Å². The third-order valence-corrected chi connectivity index (χ3v) is 3.07. The number of amides is 1. The Balaban J connectivity index is 3.39. The van der Waals surface area contributed by atoms with Crippen molar-refractivity contribution >= 4 is 11.8 Å². The van der Waals surface area contributed by atoms with Gasteiger partial charge in [-0.15, -0.1) is 0 Å². The average molecular weight is 265 g/mol. The topological polar surface area (TPSA) is 38.3 Å². The van der Waals surface area contributed by atoms with Gasteiger partial charge in [0, 0.05) is 13.1 Å². The van der Waals surface area contributed by atoms with Crippen LogP contribution in [0.5, 0.6) is 5.75 Å². The van der Waals surface area contributed by atoms with E-state index in [0.29, 0.717) is 16.2 Å². The highest BCUT2D eigenvalue weighted by Gasteiger charge is 2.24. The maximum atomic E-state index is 11.5. The molecule has 0 saturated heterocycles. The summed E-state index contributed by atoms with van der Waals surface area (Å²) in [7, 11) is 7.76. The second kappa shape index (κ2) is 5.61. The first kappa shape index (κ1) is 15.5. The van der Waals surface area contributed by atoms with Crippen molar-refractivity contribution in [2.45, 2.75) is 26.7 Å². The fraction of sp³-hybridized carbons (Fsp3) is 0.533. The normalized spacial score (nSPS) is 11.6. The summed E-state index contributed by atoms with van der Waals surface area (Å²) in [5.41, 5.74) is 3.25. The highest BCUT2D eigenvalue weighted by Crippen LogP contribution is 2.37. The molecule has 0 aliphatic rings. The number of nitrogens with zero attached hydrogens (tertiary/aromatic N) is 1. The van der Waals surface area contributed by atoms with Crippen LogP contribution < -0.4 is 14.5 Å². The van der Waals surface area contributed by atoms with Crippen molar-refractivity contribution in [1.29, 1.82) is 0 Å². The summed E-state index contributed by atoms with van der Waals surface area (Å²) in [5, 5.41) is 2.49. The number of rotatable bonds is 3. The van der Waals surface area contributed by atoms with Gasteiger partial charge in [0.2, 0.25) is 0 Å². The Morgan fingerprint density at radius 3 is 2.26 bits per heavy atom. The number of carbonyl (C=O) groups excluding carboxylic acids is 1. The van der Waals surface area contributed by atoms with Crippen LogP contribution >= 0.6 is 0 Å². The molecular weight excluding hydrogens is 240 g/mol. The van der Waals surface area contributed by atoms with E-state index in [2.05, 4.69) is 52.4 Å². The minimum absolute atomic E-state index is 0.435. The predicted molar refractivity (Wildman–Crippen MR) is 79.9 cm³/mol. The second-order valence-corrected chi connectivity index (χ2v) is 5.99. The Hall–Kier alpha value is -1.55. The Labute approximate surface area is 116 Å². The molecule has 0 spiro atoms. The SMILES string of the molecule is CNC(=O)Oc1c(C)cc(C(C)C)cc1[N+](C)(C)C. The van der Waals surface area contributed by atoms with E-state index in [4.69, 9.17) is 4.74 Å². The van der Waals surface area contributed by atoms with Gasteiger partial charge in [0.05, 0.1) is 21.1 Å². The van der Waals surface area contributed by atoms with E-state index in [1.54, 1.807) is 7.05 Å². The lowest BCUT2D eigenvalue weighted by Crippen LogP contribution is -2.36. The fourth-order valence-corrected chi connectivity index (χ4v) is 1.89. The molecule has 4 heteroatoms. The summed E-state index contributed by atoms with van der Waals surface area (Å²) in [4.78, 5) is 11.5. The molecule has 1 N–H and O–H groups in total. The van der Waals surface area contributed by atoms with Crippen LogP contribution in [0.25, 0.3) is 0 Å². The van der Waals surface area contributed by atoms with Crippen molar-refractivity contribution in [3.05, 3.63) is 23.3 Å². The van der Waals surface area contributed by atoms with Crippen LogP contribution in [-0.2, 0) is 0 Å². The van der Waals surface area contributed by atoms with Crippen molar-refractivity contribution in [2.24, 2.45) is 0 Å². The zero-order valence-electron chi connectivity index (χ0n) is 13.0. The predicted octanol–water partition coefficient (Wildman–Crippen LogP) is 3.03. The Kier molecular flexibility index (Phi) is 4.58. The van der Waals surface area contributed by atoms with Crippen LogP contribution in [0, 0.1) is 6.92 Å². The van der Waals surface area contributed by atoms with Gasteiger partial charge in [0.15, 0.2) is 11.4 Å². The minimum Gasteiger partial charge on any atom is -0.404 e. The van der Waals surface area contributed by atoms with Gasteiger partial charge in [0.25, 0.3) is 0 Å². The van der Waals surface area contributed by atoms with E-state index in [-0.39, 0.29) is 0 Å². The highest BCUT2D eigenvalue weighted by atomic mass is 16.6. The van der Waals surface area contributed by atoms with Gasteiger partial charge in [0.1, 0.15) is 0 Å². The molecule has 0 heterocycles. The second-order valence-electron chi connectivity index (χ2n) is 5.99. The molecule has 0 radical (unpaired) electrons. The molecule has 4 nitrogen and oxygen atoms in total. The van der Waals surface area contributed by atoms with Crippen molar-refractivity contribution in [2.75, 3.05) is 28.2 Å². The largest absolute Gasteiger partial charge is 0.412 e. The van der Waals surface area contributed by atoms with E-state index < -0.39 is 6.09 Å². The molecule has 0 atom stereocenters. The average Bonchev–Trinajstić information content (AvgIpc) is 2.29. The van der Waals surface area contributed by atoms with E-state index in [1.165, 1.54) is 5.56 Å². The third-order valence-electron chi connectivity index (χ3n) is 3.07. The molecule has 106 valence electrons. The number of benzene rings is 1. The van der Waals surface area contributed by atoms with Crippen molar-refractivity contribution < 1.29 is 9.53 Å². The Morgan fingerprint density at radius 1 is 1.26 bits per heavy atom. The van der Waals surface area contributed by atoms with E-state index in [9.17, 15) is 4.79 Å². The molecule has 19 heavy (non-hydrogen) atoms. The molecular formula is C15H25N2O2+. The summed E-state index contributed by atoms with van der Waals surface area (Å²) < 4.78 is 6.03. The van der Waals surface area contributed by atoms with Crippen LogP contribution in [0.2, 0.25) is 0 Å². The molecule has 1 aromatic carbocycles. The van der Waals surface area contributed by atoms with E-state index in [0.717, 1.165) is 11.3 Å². The standard InChI is InChI=1S/C15H24N2O2/c1-10(2)12-8-11(3)14(19-15(18)16-4)13(9-12)17(5,6)7/h8-10H,1-7H3/p+1. The summed E-state index contributed by atoms with van der Waals surface area (Å²) in [6.07, 6.45) is -0.435. The highest BCUT2D eigenvalue weighted by molar-refractivity contribution is 5.74. The quantitative estimate of drug-likeness (QED) is 0.853. The van der Waals surface area contributed by atoms with Gasteiger partial charge in [-0.1, -0.05) is 19.9 Å². The number of quaternary nitrogens is 1. The lowest BCUT2D eigenvalue weighted by atomic mass is 9.99. The molecule has 1 aromatic rings. The molecule has 1 rings (SSSR count). The summed E-state index contributed by atoms with van der Waals surface area (Å²) in [6.45, 7) is 6.30. The molecule has 1 amide bonds. The van der Waals surface area contributed by atoms with Crippen LogP contribution in [0.3, 0.4) is 0 Å². The molecule has 0 fully saturated rings. The summed E-state index contributed by atoms with van der Waals surface area (Å²) >= 11 is 0. The van der Waals surface area contributed by atoms with Gasteiger partial charge < -0.3 is 10.1 Å². The van der Waals surface area contributed by atoms with Gasteiger partial charge in [-0.25, -0.2) is 4.79 Å². The molecule has 0 saturated carbocycles. The maximum absolute atomic E-state index is 11.5. The van der Waals surface area contributed by atoms with Gasteiger partial charge in [-0.3, -0.25) is 4.48 Å². The number of ether oxygens (including phenoxy) is 1. The van der Waals surface area contributed by atoms with Crippen molar-refractivity contribution in [3.8, 4) is 5.75 Å². The Bertz CT molecular complexity index is 474. The van der Waals surface area contributed by atoms with Crippen molar-refractivity contribution in [1.82, 2.24) is 9.80 Å². The Morgan fingerprint density at radius 2 is 1.84 bits per heavy atom. The molecule has 0 unspecified atom stereocenters. The first-order valence-corrected chi connectivity index (χ1v) is 6.53. The molecule has 0 aliphatic heterocycles. The van der Waals surface area contributed by atoms with Crippen LogP contribution in [0.1, 0.15) is 30.9 Å². The first-order valence-electron chi connectivity index (χ1n) is 6.53. The fourth-order valence-electron chi connectivity index (χ4n) is 1.89. The van der Waals surface area contributed by atoms with Crippen LogP contribution in [0.4, 0.5) is 10.5 Å². The number of hydrogen-bond donors (Lipinski definition) is 1. The summed E-state index contributed by atoms with van der Waals surface area (Å²) in [6, 6.07) is 4.21. The lowest BCUT2D eigenvalue weighted by molar-refractivity contribution is 0.202. The number of nitrogens with one attached hydrogen (secondary N) is 1. The number of aryl methyl sites for hydroxylation is 1. The maximum Gasteiger partial charge on any atom is 0.412 e. The molecule has 0 bridgehead atoms. The first-order chi connectivity index (χ1) is 8.66. The van der Waals surface area contributed by atoms with Crippen LogP contribution in [0.15, 0.2) is 12.1 Å². The zero-order chi connectivity index (χ0) is 14.8. The van der Waals surface area contributed by atoms with Crippen molar-refractivity contribution in [3.63, 3.8) is 0 Å². The van der Waals surface area contributed by atoms with E-state index >= 15 is 0 Å². The lowest BCUT2D eigenvalue weighted by Gasteiger charge is -2.27. The third kappa shape index (κ3) is 3.70. The minimum atomic E-state index is -0.435. The van der Waals surface area contributed by atoms with E-state index in [1.807, 2.05) is 6.92 Å². The summed E-state index contributed by atoms with van der Waals surface area (Å²) in [5.74, 6) is 1.09. The zero-order valence-corrected chi connectivity index (χ0v) is 13.0. The smallest absolute Gasteiger partial charge is 0.404 e. The number of carbonyl (C=O) groups is 1. The van der Waals surface area contributed by atoms with Gasteiger partial charge in [-0.05, 0) is 24.0 Å². The van der Waals surface area contributed by atoms with Crippen LogP contribution in [-0.4, -0.2) is 34.3 Å². The van der Waals surface area contributed by atoms with Gasteiger partial charge >= 0.3 is 6.09 Å². The monoisotopic (exact) mass is 265 g/mol. The molecule has 0 aliphatic carbocycles.